The molecule has 0 spiro atoms. The summed E-state index contributed by atoms with van der Waals surface area (Å²) in [6.45, 7) is 3.87. The van der Waals surface area contributed by atoms with Crippen LogP contribution in [0, 0.1) is 0 Å². The lowest BCUT2D eigenvalue weighted by Crippen LogP contribution is -2.45. The number of halogens is 2. The van der Waals surface area contributed by atoms with Gasteiger partial charge in [-0.1, -0.05) is 59.6 Å². The number of hydrogen-bond donors (Lipinski definition) is 1. The maximum absolute atomic E-state index is 6.58. The topological polar surface area (TPSA) is 24.5 Å². The van der Waals surface area contributed by atoms with Crippen LogP contribution in [0.4, 0.5) is 0 Å². The van der Waals surface area contributed by atoms with Gasteiger partial charge in [-0.05, 0) is 47.5 Å². The molecule has 1 saturated heterocycles. The fraction of sp³-hybridized carbons (Fsp3) is 0.217. The molecule has 1 heterocycles. The molecule has 0 saturated carbocycles. The average Bonchev–Trinajstić information content (AvgIpc) is 2.73. The van der Waals surface area contributed by atoms with E-state index in [-0.39, 0.29) is 6.04 Å². The highest BCUT2D eigenvalue weighted by Crippen LogP contribution is 2.36. The van der Waals surface area contributed by atoms with Gasteiger partial charge in [-0.15, -0.1) is 0 Å². The van der Waals surface area contributed by atoms with Crippen molar-refractivity contribution < 1.29 is 4.74 Å². The standard InChI is InChI=1S/C23H22Cl2N2O/c24-18-8-11-21(22(25)16-18)23(27-14-12-26-13-15-27)17-6-9-20(10-7-17)28-19-4-2-1-3-5-19/h1-11,16,23,26H,12-15H2. The van der Waals surface area contributed by atoms with Crippen molar-refractivity contribution in [2.24, 2.45) is 0 Å². The average molecular weight is 413 g/mol. The highest BCUT2D eigenvalue weighted by Gasteiger charge is 2.25. The fourth-order valence-corrected chi connectivity index (χ4v) is 4.11. The SMILES string of the molecule is Clc1ccc(C(c2ccc(Oc3ccccc3)cc2)N2CCNCC2)c(Cl)c1. The van der Waals surface area contributed by atoms with Crippen LogP contribution >= 0.6 is 23.2 Å². The zero-order valence-corrected chi connectivity index (χ0v) is 17.0. The predicted molar refractivity (Wildman–Crippen MR) is 116 cm³/mol. The molecule has 0 bridgehead atoms. The second-order valence-corrected chi connectivity index (χ2v) is 7.68. The van der Waals surface area contributed by atoms with Gasteiger partial charge in [-0.2, -0.15) is 0 Å². The van der Waals surface area contributed by atoms with E-state index in [1.165, 1.54) is 5.56 Å². The molecule has 1 N–H and O–H groups in total. The summed E-state index contributed by atoms with van der Waals surface area (Å²) in [7, 11) is 0. The Morgan fingerprint density at radius 1 is 0.821 bits per heavy atom. The first-order chi connectivity index (χ1) is 13.7. The summed E-state index contributed by atoms with van der Waals surface area (Å²) in [5.41, 5.74) is 2.26. The molecule has 1 atom stereocenters. The van der Waals surface area contributed by atoms with Crippen molar-refractivity contribution in [2.45, 2.75) is 6.04 Å². The van der Waals surface area contributed by atoms with Gasteiger partial charge in [0.2, 0.25) is 0 Å². The number of piperazine rings is 1. The van der Waals surface area contributed by atoms with Crippen molar-refractivity contribution in [3.8, 4) is 11.5 Å². The maximum atomic E-state index is 6.58. The van der Waals surface area contributed by atoms with Gasteiger partial charge < -0.3 is 10.1 Å². The number of rotatable bonds is 5. The summed E-state index contributed by atoms with van der Waals surface area (Å²) in [5.74, 6) is 1.64. The number of nitrogens with one attached hydrogen (secondary N) is 1. The first-order valence-corrected chi connectivity index (χ1v) is 10.2. The molecule has 0 amide bonds. The molecule has 0 aliphatic carbocycles. The summed E-state index contributed by atoms with van der Waals surface area (Å²) in [5, 5.41) is 4.76. The van der Waals surface area contributed by atoms with Crippen LogP contribution in [0.15, 0.2) is 72.8 Å². The van der Waals surface area contributed by atoms with Crippen LogP contribution in [0.5, 0.6) is 11.5 Å². The molecular weight excluding hydrogens is 391 g/mol. The zero-order chi connectivity index (χ0) is 19.3. The third kappa shape index (κ3) is 4.50. The minimum atomic E-state index is 0.0811. The molecule has 28 heavy (non-hydrogen) atoms. The van der Waals surface area contributed by atoms with E-state index in [0.29, 0.717) is 10.0 Å². The van der Waals surface area contributed by atoms with E-state index in [2.05, 4.69) is 22.3 Å². The largest absolute Gasteiger partial charge is 0.457 e. The zero-order valence-electron chi connectivity index (χ0n) is 15.4. The third-order valence-electron chi connectivity index (χ3n) is 4.95. The van der Waals surface area contributed by atoms with Crippen molar-refractivity contribution in [1.82, 2.24) is 10.2 Å². The molecule has 3 aromatic rings. The normalized spacial score (nSPS) is 15.9. The number of para-hydroxylation sites is 1. The van der Waals surface area contributed by atoms with Gasteiger partial charge in [-0.25, -0.2) is 0 Å². The molecule has 0 aromatic heterocycles. The van der Waals surface area contributed by atoms with Crippen molar-refractivity contribution in [1.29, 1.82) is 0 Å². The summed E-state index contributed by atoms with van der Waals surface area (Å²) in [6, 6.07) is 23.9. The molecule has 1 aliphatic rings. The lowest BCUT2D eigenvalue weighted by molar-refractivity contribution is 0.198. The first-order valence-electron chi connectivity index (χ1n) is 9.43. The van der Waals surface area contributed by atoms with Gasteiger partial charge >= 0.3 is 0 Å². The molecular formula is C23H22Cl2N2O. The Kier molecular flexibility index (Phi) is 6.18. The van der Waals surface area contributed by atoms with E-state index in [1.54, 1.807) is 0 Å². The van der Waals surface area contributed by atoms with Gasteiger partial charge in [-0.3, -0.25) is 4.90 Å². The second-order valence-electron chi connectivity index (χ2n) is 6.84. The van der Waals surface area contributed by atoms with Crippen molar-refractivity contribution in [3.05, 3.63) is 94.0 Å². The lowest BCUT2D eigenvalue weighted by Gasteiger charge is -2.36. The summed E-state index contributed by atoms with van der Waals surface area (Å²) in [6.07, 6.45) is 0. The maximum Gasteiger partial charge on any atom is 0.127 e. The van der Waals surface area contributed by atoms with E-state index in [1.807, 2.05) is 60.7 Å². The summed E-state index contributed by atoms with van der Waals surface area (Å²) in [4.78, 5) is 2.46. The predicted octanol–water partition coefficient (Wildman–Crippen LogP) is 5.78. The molecule has 1 aliphatic heterocycles. The quantitative estimate of drug-likeness (QED) is 0.574. The molecule has 4 rings (SSSR count). The van der Waals surface area contributed by atoms with E-state index < -0.39 is 0 Å². The van der Waals surface area contributed by atoms with Crippen LogP contribution in [-0.4, -0.2) is 31.1 Å². The third-order valence-corrected chi connectivity index (χ3v) is 5.51. The van der Waals surface area contributed by atoms with Gasteiger partial charge in [0.25, 0.3) is 0 Å². The fourth-order valence-electron chi connectivity index (χ4n) is 3.59. The van der Waals surface area contributed by atoms with E-state index in [9.17, 15) is 0 Å². The van der Waals surface area contributed by atoms with Crippen molar-refractivity contribution in [2.75, 3.05) is 26.2 Å². The lowest BCUT2D eigenvalue weighted by atomic mass is 9.96. The van der Waals surface area contributed by atoms with Gasteiger partial charge in [0.15, 0.2) is 0 Å². The Morgan fingerprint density at radius 2 is 1.50 bits per heavy atom. The number of ether oxygens (including phenoxy) is 1. The highest BCUT2D eigenvalue weighted by atomic mass is 35.5. The number of nitrogens with zero attached hydrogens (tertiary/aromatic N) is 1. The first kappa shape index (κ1) is 19.3. The summed E-state index contributed by atoms with van der Waals surface area (Å²) < 4.78 is 5.94. The smallest absolute Gasteiger partial charge is 0.127 e. The van der Waals surface area contributed by atoms with Gasteiger partial charge in [0, 0.05) is 36.2 Å². The Balaban J connectivity index is 1.64. The molecule has 1 fully saturated rings. The van der Waals surface area contributed by atoms with Crippen LogP contribution in [-0.2, 0) is 0 Å². The molecule has 144 valence electrons. The van der Waals surface area contributed by atoms with Crippen molar-refractivity contribution in [3.63, 3.8) is 0 Å². The molecule has 3 aromatic carbocycles. The molecule has 0 radical (unpaired) electrons. The van der Waals surface area contributed by atoms with Crippen LogP contribution in [0.3, 0.4) is 0 Å². The number of hydrogen-bond acceptors (Lipinski definition) is 3. The van der Waals surface area contributed by atoms with E-state index in [4.69, 9.17) is 27.9 Å². The van der Waals surface area contributed by atoms with Gasteiger partial charge in [0.05, 0.1) is 6.04 Å². The molecule has 3 nitrogen and oxygen atoms in total. The Morgan fingerprint density at radius 3 is 2.18 bits per heavy atom. The second kappa shape index (κ2) is 8.97. The number of benzene rings is 3. The van der Waals surface area contributed by atoms with Crippen LogP contribution in [0.1, 0.15) is 17.2 Å². The summed E-state index contributed by atoms with van der Waals surface area (Å²) >= 11 is 12.7. The van der Waals surface area contributed by atoms with Gasteiger partial charge in [0.1, 0.15) is 11.5 Å². The monoisotopic (exact) mass is 412 g/mol. The van der Waals surface area contributed by atoms with E-state index >= 15 is 0 Å². The van der Waals surface area contributed by atoms with Crippen LogP contribution < -0.4 is 10.1 Å². The van der Waals surface area contributed by atoms with Crippen LogP contribution in [0.25, 0.3) is 0 Å². The molecule has 1 unspecified atom stereocenters. The molecule has 5 heteroatoms. The Hall–Kier alpha value is -2.04. The Labute approximate surface area is 175 Å². The van der Waals surface area contributed by atoms with Crippen molar-refractivity contribution >= 4 is 23.2 Å². The van der Waals surface area contributed by atoms with Crippen LogP contribution in [0.2, 0.25) is 10.0 Å². The minimum Gasteiger partial charge on any atom is -0.457 e. The van der Waals surface area contributed by atoms with E-state index in [0.717, 1.165) is 43.2 Å². The Bertz CT molecular complexity index is 910. The minimum absolute atomic E-state index is 0.0811. The highest BCUT2D eigenvalue weighted by molar-refractivity contribution is 6.35.